The maximum atomic E-state index is 8.81. The molecule has 0 radical (unpaired) electrons. The molecule has 3 rings (SSSR count). The van der Waals surface area contributed by atoms with Crippen molar-refractivity contribution in [2.75, 3.05) is 11.4 Å². The van der Waals surface area contributed by atoms with Gasteiger partial charge >= 0.3 is 0 Å². The summed E-state index contributed by atoms with van der Waals surface area (Å²) in [6.45, 7) is 3.72. The molecule has 3 N–H and O–H groups in total. The molecule has 0 saturated heterocycles. The Labute approximate surface area is 121 Å². The van der Waals surface area contributed by atoms with Gasteiger partial charge in [-0.2, -0.15) is 0 Å². The molecule has 104 valence electrons. The summed E-state index contributed by atoms with van der Waals surface area (Å²) in [5.41, 5.74) is 8.61. The zero-order valence-electron chi connectivity index (χ0n) is 11.2. The van der Waals surface area contributed by atoms with Crippen LogP contribution in [-0.2, 0) is 13.0 Å². The van der Waals surface area contributed by atoms with Gasteiger partial charge in [-0.1, -0.05) is 5.16 Å². The van der Waals surface area contributed by atoms with Crippen molar-refractivity contribution in [2.45, 2.75) is 19.9 Å². The van der Waals surface area contributed by atoms with Crippen LogP contribution in [0.1, 0.15) is 21.7 Å². The molecule has 0 bridgehead atoms. The van der Waals surface area contributed by atoms with Gasteiger partial charge < -0.3 is 15.8 Å². The molecular weight excluding hydrogens is 272 g/mol. The molecule has 2 aromatic heterocycles. The molecular formula is C14H16N4OS. The molecule has 1 aliphatic heterocycles. The van der Waals surface area contributed by atoms with Crippen LogP contribution in [0.4, 0.5) is 5.82 Å². The van der Waals surface area contributed by atoms with Crippen molar-refractivity contribution >= 4 is 23.0 Å². The van der Waals surface area contributed by atoms with Crippen molar-refractivity contribution in [3.05, 3.63) is 45.3 Å². The van der Waals surface area contributed by atoms with Crippen molar-refractivity contribution in [3.8, 4) is 0 Å². The summed E-state index contributed by atoms with van der Waals surface area (Å²) in [6, 6.07) is 5.87. The smallest absolute Gasteiger partial charge is 0.170 e. The SMILES string of the molecule is Cc1cc(/C(N)=N/O)cc(N2CCc3sccc3C2)n1. The largest absolute Gasteiger partial charge is 0.409 e. The maximum absolute atomic E-state index is 8.81. The number of pyridine rings is 1. The van der Waals surface area contributed by atoms with E-state index in [-0.39, 0.29) is 5.84 Å². The monoisotopic (exact) mass is 288 g/mol. The van der Waals surface area contributed by atoms with Gasteiger partial charge in [0.05, 0.1) is 0 Å². The van der Waals surface area contributed by atoms with E-state index in [1.807, 2.05) is 30.4 Å². The second-order valence-corrected chi connectivity index (χ2v) is 5.88. The number of hydrogen-bond donors (Lipinski definition) is 2. The van der Waals surface area contributed by atoms with E-state index in [0.29, 0.717) is 5.56 Å². The Hall–Kier alpha value is -2.08. The minimum absolute atomic E-state index is 0.116. The number of hydrogen-bond acceptors (Lipinski definition) is 5. The van der Waals surface area contributed by atoms with Crippen LogP contribution in [0.2, 0.25) is 0 Å². The second kappa shape index (κ2) is 5.13. The number of amidine groups is 1. The van der Waals surface area contributed by atoms with Crippen molar-refractivity contribution in [2.24, 2.45) is 10.9 Å². The van der Waals surface area contributed by atoms with Gasteiger partial charge in [-0.3, -0.25) is 0 Å². The quantitative estimate of drug-likeness (QED) is 0.384. The Morgan fingerprint density at radius 1 is 1.50 bits per heavy atom. The fourth-order valence-electron chi connectivity index (χ4n) is 2.46. The Kier molecular flexibility index (Phi) is 3.31. The Balaban J connectivity index is 1.93. The fraction of sp³-hybridized carbons (Fsp3) is 0.286. The van der Waals surface area contributed by atoms with Crippen molar-refractivity contribution < 1.29 is 5.21 Å². The zero-order valence-corrected chi connectivity index (χ0v) is 12.0. The number of thiophene rings is 1. The summed E-state index contributed by atoms with van der Waals surface area (Å²) in [5.74, 6) is 0.994. The average Bonchev–Trinajstić information content (AvgIpc) is 2.93. The molecule has 0 amide bonds. The minimum atomic E-state index is 0.116. The third-order valence-electron chi connectivity index (χ3n) is 3.48. The summed E-state index contributed by atoms with van der Waals surface area (Å²) in [5, 5.41) is 14.0. The van der Waals surface area contributed by atoms with Gasteiger partial charge in [0.15, 0.2) is 5.84 Å². The first-order chi connectivity index (χ1) is 9.67. The summed E-state index contributed by atoms with van der Waals surface area (Å²) in [7, 11) is 0. The number of oxime groups is 1. The highest BCUT2D eigenvalue weighted by Gasteiger charge is 2.19. The number of aromatic nitrogens is 1. The van der Waals surface area contributed by atoms with Crippen LogP contribution in [0.5, 0.6) is 0 Å². The minimum Gasteiger partial charge on any atom is -0.409 e. The molecule has 20 heavy (non-hydrogen) atoms. The van der Waals surface area contributed by atoms with E-state index in [1.54, 1.807) is 0 Å². The molecule has 0 saturated carbocycles. The first-order valence-electron chi connectivity index (χ1n) is 6.44. The standard InChI is InChI=1S/C14H16N4OS/c1-9-6-11(14(15)17-19)7-13(16-9)18-4-2-12-10(8-18)3-5-20-12/h3,5-7,19H,2,4,8H2,1H3,(H2,15,17). The lowest BCUT2D eigenvalue weighted by Crippen LogP contribution is -2.30. The summed E-state index contributed by atoms with van der Waals surface area (Å²) in [4.78, 5) is 8.26. The molecule has 0 unspecified atom stereocenters. The van der Waals surface area contributed by atoms with E-state index in [9.17, 15) is 0 Å². The number of nitrogens with two attached hydrogens (primary N) is 1. The van der Waals surface area contributed by atoms with Crippen LogP contribution < -0.4 is 10.6 Å². The topological polar surface area (TPSA) is 74.7 Å². The Bertz CT molecular complexity index is 665. The Morgan fingerprint density at radius 2 is 2.35 bits per heavy atom. The maximum Gasteiger partial charge on any atom is 0.170 e. The lowest BCUT2D eigenvalue weighted by atomic mass is 10.1. The first kappa shape index (κ1) is 12.9. The third kappa shape index (κ3) is 2.34. The molecule has 6 heteroatoms. The number of aryl methyl sites for hydroxylation is 1. The molecule has 0 aromatic carbocycles. The lowest BCUT2D eigenvalue weighted by Gasteiger charge is -2.28. The van der Waals surface area contributed by atoms with Gasteiger partial charge in [0.1, 0.15) is 5.82 Å². The van der Waals surface area contributed by atoms with E-state index in [2.05, 4.69) is 26.5 Å². The molecule has 0 atom stereocenters. The van der Waals surface area contributed by atoms with Crippen LogP contribution in [0, 0.1) is 6.92 Å². The van der Waals surface area contributed by atoms with Crippen LogP contribution in [0.25, 0.3) is 0 Å². The highest BCUT2D eigenvalue weighted by Crippen LogP contribution is 2.27. The first-order valence-corrected chi connectivity index (χ1v) is 7.32. The summed E-state index contributed by atoms with van der Waals surface area (Å²) in [6.07, 6.45) is 1.04. The summed E-state index contributed by atoms with van der Waals surface area (Å²) >= 11 is 1.82. The van der Waals surface area contributed by atoms with Crippen molar-refractivity contribution in [1.29, 1.82) is 0 Å². The molecule has 0 spiro atoms. The van der Waals surface area contributed by atoms with E-state index in [1.165, 1.54) is 10.4 Å². The molecule has 0 aliphatic carbocycles. The third-order valence-corrected chi connectivity index (χ3v) is 4.50. The van der Waals surface area contributed by atoms with Gasteiger partial charge in [0, 0.05) is 29.2 Å². The van der Waals surface area contributed by atoms with Gasteiger partial charge in [0.2, 0.25) is 0 Å². The molecule has 0 fully saturated rings. The normalized spacial score (nSPS) is 15.2. The fourth-order valence-corrected chi connectivity index (χ4v) is 3.35. The van der Waals surface area contributed by atoms with Crippen LogP contribution >= 0.6 is 11.3 Å². The van der Waals surface area contributed by atoms with Gasteiger partial charge in [0.25, 0.3) is 0 Å². The van der Waals surface area contributed by atoms with Gasteiger partial charge in [-0.25, -0.2) is 4.98 Å². The molecule has 3 heterocycles. The van der Waals surface area contributed by atoms with Crippen LogP contribution in [-0.4, -0.2) is 22.6 Å². The number of nitrogens with zero attached hydrogens (tertiary/aromatic N) is 3. The van der Waals surface area contributed by atoms with Gasteiger partial charge in [-0.15, -0.1) is 11.3 Å². The highest BCUT2D eigenvalue weighted by atomic mass is 32.1. The van der Waals surface area contributed by atoms with E-state index in [4.69, 9.17) is 10.9 Å². The molecule has 2 aromatic rings. The van der Waals surface area contributed by atoms with E-state index in [0.717, 1.165) is 31.0 Å². The highest BCUT2D eigenvalue weighted by molar-refractivity contribution is 7.10. The number of anilines is 1. The van der Waals surface area contributed by atoms with Gasteiger partial charge in [-0.05, 0) is 42.5 Å². The summed E-state index contributed by atoms with van der Waals surface area (Å²) < 4.78 is 0. The zero-order chi connectivity index (χ0) is 14.1. The molecule has 5 nitrogen and oxygen atoms in total. The predicted molar refractivity (Wildman–Crippen MR) is 80.6 cm³/mol. The van der Waals surface area contributed by atoms with Crippen molar-refractivity contribution in [1.82, 2.24) is 4.98 Å². The lowest BCUT2D eigenvalue weighted by molar-refractivity contribution is 0.318. The predicted octanol–water partition coefficient (Wildman–Crippen LogP) is 2.11. The van der Waals surface area contributed by atoms with Crippen LogP contribution in [0.3, 0.4) is 0 Å². The molecule has 1 aliphatic rings. The van der Waals surface area contributed by atoms with Crippen molar-refractivity contribution in [3.63, 3.8) is 0 Å². The number of fused-ring (bicyclic) bond motifs is 1. The average molecular weight is 288 g/mol. The van der Waals surface area contributed by atoms with E-state index >= 15 is 0 Å². The van der Waals surface area contributed by atoms with Crippen LogP contribution in [0.15, 0.2) is 28.7 Å². The number of rotatable bonds is 2. The van der Waals surface area contributed by atoms with E-state index < -0.39 is 0 Å². The Morgan fingerprint density at radius 3 is 3.15 bits per heavy atom. The second-order valence-electron chi connectivity index (χ2n) is 4.88.